The van der Waals surface area contributed by atoms with Gasteiger partial charge < -0.3 is 5.32 Å². The van der Waals surface area contributed by atoms with Gasteiger partial charge in [0.25, 0.3) is 0 Å². The quantitative estimate of drug-likeness (QED) is 0.648. The SMILES string of the molecule is CCNC(c1cc(Br)c(Cl)s1)c1cc(Cl)ccc1Cl. The molecule has 2 aromatic rings. The average Bonchev–Trinajstić information content (AvgIpc) is 2.70. The first kappa shape index (κ1) is 15.6. The van der Waals surface area contributed by atoms with Crippen LogP contribution in [0.2, 0.25) is 14.4 Å². The van der Waals surface area contributed by atoms with Crippen LogP contribution in [0.25, 0.3) is 0 Å². The molecule has 1 atom stereocenters. The summed E-state index contributed by atoms with van der Waals surface area (Å²) < 4.78 is 1.63. The summed E-state index contributed by atoms with van der Waals surface area (Å²) in [6.45, 7) is 2.87. The van der Waals surface area contributed by atoms with Crippen LogP contribution in [0.1, 0.15) is 23.4 Å². The molecule has 2 rings (SSSR count). The van der Waals surface area contributed by atoms with Crippen molar-refractivity contribution >= 4 is 62.1 Å². The molecule has 0 aliphatic carbocycles. The molecular weight excluding hydrogens is 388 g/mol. The van der Waals surface area contributed by atoms with Crippen molar-refractivity contribution in [1.29, 1.82) is 0 Å². The van der Waals surface area contributed by atoms with E-state index in [1.54, 1.807) is 6.07 Å². The van der Waals surface area contributed by atoms with E-state index >= 15 is 0 Å². The zero-order valence-electron chi connectivity index (χ0n) is 10.0. The van der Waals surface area contributed by atoms with Crippen molar-refractivity contribution in [1.82, 2.24) is 5.32 Å². The molecule has 19 heavy (non-hydrogen) atoms. The van der Waals surface area contributed by atoms with Gasteiger partial charge in [-0.3, -0.25) is 0 Å². The molecule has 1 aromatic carbocycles. The molecule has 0 saturated carbocycles. The second kappa shape index (κ2) is 6.79. The lowest BCUT2D eigenvalue weighted by atomic mass is 10.1. The number of thiophene rings is 1. The Bertz CT molecular complexity index is 566. The van der Waals surface area contributed by atoms with Gasteiger partial charge in [0.05, 0.1) is 6.04 Å². The van der Waals surface area contributed by atoms with Crippen LogP contribution in [-0.2, 0) is 0 Å². The highest BCUT2D eigenvalue weighted by Crippen LogP contribution is 2.39. The summed E-state index contributed by atoms with van der Waals surface area (Å²) in [4.78, 5) is 1.10. The van der Waals surface area contributed by atoms with Gasteiger partial charge in [0.15, 0.2) is 0 Å². The Balaban J connectivity index is 2.47. The zero-order chi connectivity index (χ0) is 14.0. The van der Waals surface area contributed by atoms with Gasteiger partial charge in [0.1, 0.15) is 4.34 Å². The lowest BCUT2D eigenvalue weighted by Gasteiger charge is -2.18. The van der Waals surface area contributed by atoms with E-state index in [-0.39, 0.29) is 6.04 Å². The molecule has 0 spiro atoms. The third-order valence-electron chi connectivity index (χ3n) is 2.63. The molecule has 0 fully saturated rings. The molecule has 102 valence electrons. The van der Waals surface area contributed by atoms with Crippen molar-refractivity contribution in [3.8, 4) is 0 Å². The normalized spacial score (nSPS) is 12.7. The molecule has 1 heterocycles. The first-order chi connectivity index (χ1) is 9.02. The van der Waals surface area contributed by atoms with Crippen molar-refractivity contribution in [2.45, 2.75) is 13.0 Å². The molecule has 1 unspecified atom stereocenters. The van der Waals surface area contributed by atoms with E-state index in [1.807, 2.05) is 18.2 Å². The third kappa shape index (κ3) is 3.66. The molecule has 0 aliphatic heterocycles. The minimum Gasteiger partial charge on any atom is -0.306 e. The van der Waals surface area contributed by atoms with Crippen molar-refractivity contribution in [2.24, 2.45) is 0 Å². The van der Waals surface area contributed by atoms with Crippen molar-refractivity contribution in [2.75, 3.05) is 6.54 Å². The lowest BCUT2D eigenvalue weighted by Crippen LogP contribution is -2.21. The number of rotatable bonds is 4. The van der Waals surface area contributed by atoms with Crippen LogP contribution in [0.5, 0.6) is 0 Å². The molecule has 1 N–H and O–H groups in total. The summed E-state index contributed by atoms with van der Waals surface area (Å²) in [5.41, 5.74) is 0.960. The minimum atomic E-state index is -0.00926. The van der Waals surface area contributed by atoms with Gasteiger partial charge in [-0.2, -0.15) is 0 Å². The third-order valence-corrected chi connectivity index (χ3v) is 5.74. The Labute approximate surface area is 140 Å². The highest BCUT2D eigenvalue weighted by atomic mass is 79.9. The topological polar surface area (TPSA) is 12.0 Å². The predicted molar refractivity (Wildman–Crippen MR) is 89.0 cm³/mol. The van der Waals surface area contributed by atoms with Crippen LogP contribution in [0.4, 0.5) is 0 Å². The zero-order valence-corrected chi connectivity index (χ0v) is 14.7. The number of hydrogen-bond donors (Lipinski definition) is 1. The van der Waals surface area contributed by atoms with Gasteiger partial charge in [0, 0.05) is 19.4 Å². The standard InChI is InChI=1S/C13H11BrCl3NS/c1-2-18-12(11-6-9(14)13(17)19-11)8-5-7(15)3-4-10(8)16/h3-6,12,18H,2H2,1H3. The molecule has 0 bridgehead atoms. The summed E-state index contributed by atoms with van der Waals surface area (Å²) in [7, 11) is 0. The lowest BCUT2D eigenvalue weighted by molar-refractivity contribution is 0.640. The number of benzene rings is 1. The van der Waals surface area contributed by atoms with Crippen LogP contribution in [0.15, 0.2) is 28.7 Å². The van der Waals surface area contributed by atoms with E-state index in [4.69, 9.17) is 34.8 Å². The predicted octanol–water partition coefficient (Wildman–Crippen LogP) is 6.17. The van der Waals surface area contributed by atoms with Gasteiger partial charge in [0.2, 0.25) is 0 Å². The molecule has 0 radical (unpaired) electrons. The number of nitrogens with one attached hydrogen (secondary N) is 1. The van der Waals surface area contributed by atoms with E-state index in [2.05, 4.69) is 28.2 Å². The van der Waals surface area contributed by atoms with Gasteiger partial charge >= 0.3 is 0 Å². The average molecular weight is 400 g/mol. The van der Waals surface area contributed by atoms with Crippen LogP contribution in [-0.4, -0.2) is 6.54 Å². The Morgan fingerprint density at radius 1 is 1.26 bits per heavy atom. The summed E-state index contributed by atoms with van der Waals surface area (Å²) in [6, 6.07) is 7.49. The van der Waals surface area contributed by atoms with E-state index in [0.717, 1.165) is 25.8 Å². The maximum Gasteiger partial charge on any atom is 0.107 e. The van der Waals surface area contributed by atoms with Crippen LogP contribution < -0.4 is 5.32 Å². The first-order valence-electron chi connectivity index (χ1n) is 5.66. The number of halogens is 4. The maximum absolute atomic E-state index is 6.28. The maximum atomic E-state index is 6.28. The second-order valence-corrected chi connectivity index (χ2v) is 7.31. The molecule has 1 aromatic heterocycles. The molecule has 0 aliphatic rings. The molecule has 1 nitrogen and oxygen atoms in total. The van der Waals surface area contributed by atoms with Gasteiger partial charge in [-0.05, 0) is 52.3 Å². The molecule has 0 amide bonds. The molecule has 0 saturated heterocycles. The van der Waals surface area contributed by atoms with E-state index in [0.29, 0.717) is 10.0 Å². The fourth-order valence-corrected chi connectivity index (χ4v) is 4.05. The second-order valence-electron chi connectivity index (χ2n) is 3.93. The monoisotopic (exact) mass is 397 g/mol. The van der Waals surface area contributed by atoms with Crippen LogP contribution >= 0.6 is 62.1 Å². The van der Waals surface area contributed by atoms with Gasteiger partial charge in [-0.15, -0.1) is 11.3 Å². The van der Waals surface area contributed by atoms with E-state index < -0.39 is 0 Å². The van der Waals surface area contributed by atoms with Crippen molar-refractivity contribution in [3.05, 3.63) is 53.6 Å². The highest BCUT2D eigenvalue weighted by Gasteiger charge is 2.20. The fourth-order valence-electron chi connectivity index (χ4n) is 1.81. The fraction of sp³-hybridized carbons (Fsp3) is 0.231. The Hall–Kier alpha value is 0.230. The first-order valence-corrected chi connectivity index (χ1v) is 8.40. The van der Waals surface area contributed by atoms with E-state index in [9.17, 15) is 0 Å². The summed E-state index contributed by atoms with van der Waals surface area (Å²) in [5, 5.41) is 4.77. The van der Waals surface area contributed by atoms with Gasteiger partial charge in [-0.1, -0.05) is 41.7 Å². The van der Waals surface area contributed by atoms with E-state index in [1.165, 1.54) is 11.3 Å². The van der Waals surface area contributed by atoms with Crippen LogP contribution in [0.3, 0.4) is 0 Å². The largest absolute Gasteiger partial charge is 0.306 e. The summed E-state index contributed by atoms with van der Waals surface area (Å²) in [5.74, 6) is 0. The van der Waals surface area contributed by atoms with Crippen molar-refractivity contribution < 1.29 is 0 Å². The Morgan fingerprint density at radius 2 is 2.00 bits per heavy atom. The minimum absolute atomic E-state index is 0.00926. The summed E-state index contributed by atoms with van der Waals surface area (Å²) in [6.07, 6.45) is 0. The molecule has 6 heteroatoms. The smallest absolute Gasteiger partial charge is 0.107 e. The van der Waals surface area contributed by atoms with Crippen LogP contribution in [0, 0.1) is 0 Å². The number of hydrogen-bond acceptors (Lipinski definition) is 2. The summed E-state index contributed by atoms with van der Waals surface area (Å²) >= 11 is 23.4. The van der Waals surface area contributed by atoms with Crippen molar-refractivity contribution in [3.63, 3.8) is 0 Å². The van der Waals surface area contributed by atoms with Gasteiger partial charge in [-0.25, -0.2) is 0 Å². The molecular formula is C13H11BrCl3NS. The Kier molecular flexibility index (Phi) is 5.58. The highest BCUT2D eigenvalue weighted by molar-refractivity contribution is 9.10. The Morgan fingerprint density at radius 3 is 2.58 bits per heavy atom.